The quantitative estimate of drug-likeness (QED) is 0.880. The van der Waals surface area contributed by atoms with Gasteiger partial charge in [-0.15, -0.1) is 0 Å². The highest BCUT2D eigenvalue weighted by atomic mass is 19.3. The average molecular weight is 331 g/mol. The largest absolute Gasteiger partial charge is 0.434 e. The molecule has 1 N–H and O–H groups in total. The highest BCUT2D eigenvalue weighted by Crippen LogP contribution is 2.28. The number of rotatable bonds is 4. The van der Waals surface area contributed by atoms with Crippen LogP contribution in [0.15, 0.2) is 36.4 Å². The van der Waals surface area contributed by atoms with E-state index in [1.165, 1.54) is 23.6 Å². The molecule has 0 bridgehead atoms. The Hall–Kier alpha value is -2.43. The van der Waals surface area contributed by atoms with Gasteiger partial charge in [0.25, 0.3) is 5.91 Å². The van der Waals surface area contributed by atoms with E-state index in [-0.39, 0.29) is 11.7 Å². The van der Waals surface area contributed by atoms with Gasteiger partial charge in [0.2, 0.25) is 0 Å². The fourth-order valence-electron chi connectivity index (χ4n) is 3.04. The zero-order valence-electron chi connectivity index (χ0n) is 13.4. The molecule has 3 rings (SSSR count). The van der Waals surface area contributed by atoms with Crippen molar-refractivity contribution < 1.29 is 18.3 Å². The van der Waals surface area contributed by atoms with Crippen LogP contribution in [-0.4, -0.2) is 12.5 Å². The lowest BCUT2D eigenvalue weighted by Gasteiger charge is -2.17. The number of fused-ring (bicyclic) bond motifs is 1. The molecule has 0 atom stereocenters. The maximum Gasteiger partial charge on any atom is 0.387 e. The molecule has 0 unspecified atom stereocenters. The third-order valence-electron chi connectivity index (χ3n) is 4.36. The van der Waals surface area contributed by atoms with Gasteiger partial charge in [-0.1, -0.05) is 12.1 Å². The molecule has 0 spiro atoms. The molecule has 2 aromatic rings. The van der Waals surface area contributed by atoms with Gasteiger partial charge >= 0.3 is 6.61 Å². The average Bonchev–Trinajstić information content (AvgIpc) is 2.57. The highest BCUT2D eigenvalue weighted by molar-refractivity contribution is 6.05. The lowest BCUT2D eigenvalue weighted by atomic mass is 9.90. The summed E-state index contributed by atoms with van der Waals surface area (Å²) in [5.41, 5.74) is 4.05. The first-order valence-electron chi connectivity index (χ1n) is 8.02. The highest BCUT2D eigenvalue weighted by Gasteiger charge is 2.15. The summed E-state index contributed by atoms with van der Waals surface area (Å²) in [4.78, 5) is 12.5. The minimum Gasteiger partial charge on any atom is -0.434 e. The van der Waals surface area contributed by atoms with E-state index >= 15 is 0 Å². The van der Waals surface area contributed by atoms with Crippen LogP contribution in [-0.2, 0) is 12.8 Å². The van der Waals surface area contributed by atoms with Gasteiger partial charge < -0.3 is 10.1 Å². The SMILES string of the molecule is Cc1c(NC(=O)c2ccc3c(c2)CCCC3)cccc1OC(F)F. The van der Waals surface area contributed by atoms with Crippen molar-refractivity contribution in [3.8, 4) is 5.75 Å². The molecule has 0 radical (unpaired) electrons. The predicted molar refractivity (Wildman–Crippen MR) is 88.8 cm³/mol. The van der Waals surface area contributed by atoms with Gasteiger partial charge in [0.05, 0.1) is 0 Å². The Morgan fingerprint density at radius 3 is 2.62 bits per heavy atom. The third-order valence-corrected chi connectivity index (χ3v) is 4.36. The number of carbonyl (C=O) groups is 1. The van der Waals surface area contributed by atoms with Crippen molar-refractivity contribution in [2.45, 2.75) is 39.2 Å². The van der Waals surface area contributed by atoms with E-state index in [0.29, 0.717) is 16.8 Å². The Balaban J connectivity index is 1.80. The summed E-state index contributed by atoms with van der Waals surface area (Å²) in [5, 5.41) is 2.78. The van der Waals surface area contributed by atoms with Crippen molar-refractivity contribution in [3.63, 3.8) is 0 Å². The number of hydrogen-bond donors (Lipinski definition) is 1. The number of ether oxygens (including phenoxy) is 1. The first-order valence-corrected chi connectivity index (χ1v) is 8.02. The molecule has 5 heteroatoms. The van der Waals surface area contributed by atoms with Gasteiger partial charge in [0.15, 0.2) is 0 Å². The number of aryl methyl sites for hydroxylation is 2. The number of benzene rings is 2. The maximum atomic E-state index is 12.5. The Morgan fingerprint density at radius 1 is 1.12 bits per heavy atom. The van der Waals surface area contributed by atoms with Crippen molar-refractivity contribution in [3.05, 3.63) is 58.7 Å². The van der Waals surface area contributed by atoms with Crippen LogP contribution in [0, 0.1) is 6.92 Å². The molecule has 0 aromatic heterocycles. The van der Waals surface area contributed by atoms with Gasteiger partial charge in [0, 0.05) is 16.8 Å². The summed E-state index contributed by atoms with van der Waals surface area (Å²) < 4.78 is 29.3. The van der Waals surface area contributed by atoms with Gasteiger partial charge in [-0.3, -0.25) is 4.79 Å². The molecule has 0 saturated carbocycles. The monoisotopic (exact) mass is 331 g/mol. The smallest absolute Gasteiger partial charge is 0.387 e. The summed E-state index contributed by atoms with van der Waals surface area (Å²) in [6, 6.07) is 10.5. The topological polar surface area (TPSA) is 38.3 Å². The molecule has 0 aliphatic heterocycles. The Labute approximate surface area is 139 Å². The first-order chi connectivity index (χ1) is 11.5. The molecule has 1 amide bonds. The zero-order valence-corrected chi connectivity index (χ0v) is 13.4. The van der Waals surface area contributed by atoms with E-state index in [0.717, 1.165) is 19.3 Å². The first kappa shape index (κ1) is 16.4. The molecule has 1 aliphatic carbocycles. The predicted octanol–water partition coefficient (Wildman–Crippen LogP) is 4.73. The van der Waals surface area contributed by atoms with Crippen LogP contribution in [0.4, 0.5) is 14.5 Å². The molecule has 24 heavy (non-hydrogen) atoms. The molecule has 3 nitrogen and oxygen atoms in total. The third kappa shape index (κ3) is 3.55. The number of alkyl halides is 2. The minimum atomic E-state index is -2.89. The van der Waals surface area contributed by atoms with Crippen LogP contribution in [0.2, 0.25) is 0 Å². The molecule has 126 valence electrons. The van der Waals surface area contributed by atoms with E-state index in [2.05, 4.69) is 10.1 Å². The van der Waals surface area contributed by atoms with Crippen LogP contribution >= 0.6 is 0 Å². The lowest BCUT2D eigenvalue weighted by molar-refractivity contribution is -0.0502. The number of anilines is 1. The van der Waals surface area contributed by atoms with Crippen molar-refractivity contribution in [2.75, 3.05) is 5.32 Å². The van der Waals surface area contributed by atoms with Gasteiger partial charge in [-0.2, -0.15) is 8.78 Å². The van der Waals surface area contributed by atoms with Crippen LogP contribution in [0.5, 0.6) is 5.75 Å². The standard InChI is InChI=1S/C19H19F2NO2/c1-12-16(7-4-8-17(12)24-19(20)21)22-18(23)15-10-9-13-5-2-3-6-14(13)11-15/h4,7-11,19H,2-3,5-6H2,1H3,(H,22,23). The van der Waals surface area contributed by atoms with Crippen molar-refractivity contribution in [1.29, 1.82) is 0 Å². The van der Waals surface area contributed by atoms with Crippen LogP contribution < -0.4 is 10.1 Å². The lowest BCUT2D eigenvalue weighted by Crippen LogP contribution is -2.15. The number of halogens is 2. The van der Waals surface area contributed by atoms with E-state index in [1.807, 2.05) is 18.2 Å². The summed E-state index contributed by atoms with van der Waals surface area (Å²) in [5.74, 6) is -0.186. The minimum absolute atomic E-state index is 0.0632. The van der Waals surface area contributed by atoms with Crippen LogP contribution in [0.25, 0.3) is 0 Å². The molecule has 1 aliphatic rings. The Kier molecular flexibility index (Phi) is 4.79. The molecular formula is C19H19F2NO2. The van der Waals surface area contributed by atoms with Gasteiger partial charge in [-0.25, -0.2) is 0 Å². The van der Waals surface area contributed by atoms with E-state index < -0.39 is 6.61 Å². The van der Waals surface area contributed by atoms with Crippen LogP contribution in [0.1, 0.15) is 39.9 Å². The van der Waals surface area contributed by atoms with E-state index in [9.17, 15) is 13.6 Å². The van der Waals surface area contributed by atoms with Crippen molar-refractivity contribution in [2.24, 2.45) is 0 Å². The summed E-state index contributed by atoms with van der Waals surface area (Å²) >= 11 is 0. The molecule has 0 saturated heterocycles. The molecule has 2 aromatic carbocycles. The van der Waals surface area contributed by atoms with Crippen LogP contribution in [0.3, 0.4) is 0 Å². The van der Waals surface area contributed by atoms with E-state index in [1.54, 1.807) is 19.1 Å². The summed E-state index contributed by atoms with van der Waals surface area (Å²) in [6.45, 7) is -1.25. The maximum absolute atomic E-state index is 12.5. The fourth-order valence-corrected chi connectivity index (χ4v) is 3.04. The van der Waals surface area contributed by atoms with Crippen molar-refractivity contribution in [1.82, 2.24) is 0 Å². The normalized spacial score (nSPS) is 13.5. The number of nitrogens with one attached hydrogen (secondary N) is 1. The molecule has 0 fully saturated rings. The number of carbonyl (C=O) groups excluding carboxylic acids is 1. The molecular weight excluding hydrogens is 312 g/mol. The van der Waals surface area contributed by atoms with Gasteiger partial charge in [0.1, 0.15) is 5.75 Å². The Bertz CT molecular complexity index is 759. The number of hydrogen-bond acceptors (Lipinski definition) is 2. The fraction of sp³-hybridized carbons (Fsp3) is 0.316. The summed E-state index contributed by atoms with van der Waals surface area (Å²) in [6.07, 6.45) is 4.38. The van der Waals surface area contributed by atoms with Gasteiger partial charge in [-0.05, 0) is 68.0 Å². The Morgan fingerprint density at radius 2 is 1.88 bits per heavy atom. The number of amides is 1. The summed E-state index contributed by atoms with van der Waals surface area (Å²) in [7, 11) is 0. The second-order valence-electron chi connectivity index (χ2n) is 5.95. The van der Waals surface area contributed by atoms with E-state index in [4.69, 9.17) is 0 Å². The second-order valence-corrected chi connectivity index (χ2v) is 5.95. The second kappa shape index (κ2) is 6.99. The molecule has 0 heterocycles. The van der Waals surface area contributed by atoms with Crippen molar-refractivity contribution >= 4 is 11.6 Å². The zero-order chi connectivity index (χ0) is 17.1.